The molecule has 6 rings (SSSR count). The normalized spacial score (nSPS) is 30.4. The van der Waals surface area contributed by atoms with Crippen molar-refractivity contribution in [2.45, 2.75) is 49.6 Å². The number of amides is 1. The molecular weight excluding hydrogens is 424 g/mol. The number of carbonyl (C=O) groups excluding carboxylic acids is 1. The Hall–Kier alpha value is -3.03. The number of ether oxygens (including phenoxy) is 1. The molecule has 4 nitrogen and oxygen atoms in total. The molecule has 3 saturated carbocycles. The number of aromatic amines is 1. The van der Waals surface area contributed by atoms with Crippen LogP contribution in [0.4, 0.5) is 23.2 Å². The largest absolute Gasteiger partial charge is 0.490 e. The molecule has 0 unspecified atom stereocenters. The van der Waals surface area contributed by atoms with E-state index in [-0.39, 0.29) is 17.9 Å². The predicted molar refractivity (Wildman–Crippen MR) is 110 cm³/mol. The molecule has 8 heteroatoms. The first-order valence-corrected chi connectivity index (χ1v) is 10.6. The van der Waals surface area contributed by atoms with Gasteiger partial charge in [-0.25, -0.2) is 4.39 Å². The van der Waals surface area contributed by atoms with Crippen molar-refractivity contribution in [3.8, 4) is 5.75 Å². The number of halogens is 4. The number of hydrogen-bond donors (Lipinski definition) is 2. The van der Waals surface area contributed by atoms with Crippen molar-refractivity contribution in [1.29, 1.82) is 0 Å². The Labute approximate surface area is 180 Å². The molecule has 3 fully saturated rings. The average Bonchev–Trinajstić information content (AvgIpc) is 3.43. The number of anilines is 1. The fraction of sp³-hybridized carbons (Fsp3) is 0.375. The summed E-state index contributed by atoms with van der Waals surface area (Å²) < 4.78 is 58.1. The fourth-order valence-electron chi connectivity index (χ4n) is 4.77. The average molecular weight is 444 g/mol. The van der Waals surface area contributed by atoms with Crippen LogP contribution in [0.1, 0.15) is 42.7 Å². The van der Waals surface area contributed by atoms with Crippen LogP contribution in [0.15, 0.2) is 48.7 Å². The first-order valence-electron chi connectivity index (χ1n) is 10.6. The highest BCUT2D eigenvalue weighted by Gasteiger charge is 2.89. The van der Waals surface area contributed by atoms with Gasteiger partial charge in [0, 0.05) is 29.9 Å². The van der Waals surface area contributed by atoms with Crippen molar-refractivity contribution in [2.24, 2.45) is 5.41 Å². The Morgan fingerprint density at radius 3 is 2.41 bits per heavy atom. The third kappa shape index (κ3) is 2.99. The van der Waals surface area contributed by atoms with E-state index in [1.807, 2.05) is 18.2 Å². The number of carbonyl (C=O) groups is 1. The van der Waals surface area contributed by atoms with Crippen LogP contribution < -0.4 is 10.1 Å². The van der Waals surface area contributed by atoms with E-state index < -0.39 is 22.8 Å². The van der Waals surface area contributed by atoms with Crippen LogP contribution in [0.5, 0.6) is 5.75 Å². The van der Waals surface area contributed by atoms with Gasteiger partial charge in [-0.2, -0.15) is 13.2 Å². The summed E-state index contributed by atoms with van der Waals surface area (Å²) in [5.41, 5.74) is -0.430. The summed E-state index contributed by atoms with van der Waals surface area (Å²) in [6.45, 7) is 0. The summed E-state index contributed by atoms with van der Waals surface area (Å²) >= 11 is 0. The van der Waals surface area contributed by atoms with Gasteiger partial charge in [-0.1, -0.05) is 12.1 Å². The van der Waals surface area contributed by atoms with Crippen LogP contribution in [0, 0.1) is 5.41 Å². The summed E-state index contributed by atoms with van der Waals surface area (Å²) in [5.74, 6) is 0.551. The van der Waals surface area contributed by atoms with E-state index in [9.17, 15) is 22.4 Å². The van der Waals surface area contributed by atoms with Gasteiger partial charge in [0.05, 0.1) is 22.8 Å². The zero-order valence-electron chi connectivity index (χ0n) is 16.9. The van der Waals surface area contributed by atoms with Crippen LogP contribution in [0.2, 0.25) is 0 Å². The predicted octanol–water partition coefficient (Wildman–Crippen LogP) is 5.95. The third-order valence-electron chi connectivity index (χ3n) is 7.21. The Kier molecular flexibility index (Phi) is 3.85. The standard InChI is InChI=1S/C24H20F4N2O2/c25-23-11-22(23,12-23)21(31)30-20-10-29-19-6-5-16(9-18(19)20)32-17-7-14(8-17)13-1-3-15(4-2-13)24(26,27)28/h1-6,9-10,14,17,29H,7-8,11-12H2,(H,30,31). The molecule has 0 radical (unpaired) electrons. The lowest BCUT2D eigenvalue weighted by molar-refractivity contribution is -0.137. The lowest BCUT2D eigenvalue weighted by atomic mass is 9.77. The van der Waals surface area contributed by atoms with E-state index in [0.29, 0.717) is 24.3 Å². The molecule has 32 heavy (non-hydrogen) atoms. The van der Waals surface area contributed by atoms with Crippen LogP contribution in [0.25, 0.3) is 10.9 Å². The summed E-state index contributed by atoms with van der Waals surface area (Å²) in [5, 5.41) is 3.63. The molecule has 166 valence electrons. The summed E-state index contributed by atoms with van der Waals surface area (Å²) in [6.07, 6.45) is -0.597. The maximum atomic E-state index is 13.9. The van der Waals surface area contributed by atoms with E-state index in [2.05, 4.69) is 10.3 Å². The van der Waals surface area contributed by atoms with E-state index in [0.717, 1.165) is 41.4 Å². The molecule has 2 N–H and O–H groups in total. The maximum Gasteiger partial charge on any atom is 0.416 e. The van der Waals surface area contributed by atoms with Gasteiger partial charge in [0.25, 0.3) is 0 Å². The number of nitrogens with one attached hydrogen (secondary N) is 2. The Morgan fingerprint density at radius 1 is 1.09 bits per heavy atom. The second-order valence-corrected chi connectivity index (χ2v) is 9.29. The van der Waals surface area contributed by atoms with E-state index in [1.54, 1.807) is 6.20 Å². The fourth-order valence-corrected chi connectivity index (χ4v) is 4.77. The quantitative estimate of drug-likeness (QED) is 0.478. The third-order valence-corrected chi connectivity index (χ3v) is 7.21. The number of fused-ring (bicyclic) bond motifs is 2. The Bertz CT molecular complexity index is 1220. The lowest BCUT2D eigenvalue weighted by Gasteiger charge is -2.35. The molecule has 0 aliphatic heterocycles. The van der Waals surface area contributed by atoms with Gasteiger partial charge < -0.3 is 15.0 Å². The number of aromatic nitrogens is 1. The topological polar surface area (TPSA) is 54.1 Å². The van der Waals surface area contributed by atoms with E-state index in [4.69, 9.17) is 4.74 Å². The molecule has 0 saturated heterocycles. The van der Waals surface area contributed by atoms with Crippen molar-refractivity contribution in [1.82, 2.24) is 4.98 Å². The highest BCUT2D eigenvalue weighted by Crippen LogP contribution is 2.81. The summed E-state index contributed by atoms with van der Waals surface area (Å²) in [6, 6.07) is 10.9. The lowest BCUT2D eigenvalue weighted by Crippen LogP contribution is -2.32. The zero-order chi connectivity index (χ0) is 22.3. The SMILES string of the molecule is O=C(Nc1c[nH]c2ccc(OC3CC(c4ccc(C(F)(F)F)cc4)C3)cc12)C12CC1(F)C2. The first-order chi connectivity index (χ1) is 15.2. The molecule has 2 aromatic carbocycles. The van der Waals surface area contributed by atoms with Crippen molar-refractivity contribution < 1.29 is 27.1 Å². The number of alkyl halides is 4. The second-order valence-electron chi connectivity index (χ2n) is 9.29. The number of H-pyrrole nitrogens is 1. The first kappa shape index (κ1) is 19.6. The second kappa shape index (κ2) is 6.27. The van der Waals surface area contributed by atoms with Gasteiger partial charge in [-0.15, -0.1) is 0 Å². The van der Waals surface area contributed by atoms with E-state index in [1.165, 1.54) is 12.1 Å². The highest BCUT2D eigenvalue weighted by molar-refractivity contribution is 6.07. The molecule has 0 atom stereocenters. The van der Waals surface area contributed by atoms with Crippen LogP contribution in [-0.2, 0) is 11.0 Å². The monoisotopic (exact) mass is 444 g/mol. The summed E-state index contributed by atoms with van der Waals surface area (Å²) in [4.78, 5) is 15.5. The van der Waals surface area contributed by atoms with Gasteiger partial charge in [-0.05, 0) is 54.7 Å². The molecule has 1 aromatic heterocycles. The van der Waals surface area contributed by atoms with Crippen LogP contribution >= 0.6 is 0 Å². The van der Waals surface area contributed by atoms with Crippen LogP contribution in [0.3, 0.4) is 0 Å². The highest BCUT2D eigenvalue weighted by atomic mass is 19.4. The van der Waals surface area contributed by atoms with Crippen molar-refractivity contribution in [3.05, 3.63) is 59.8 Å². The number of benzene rings is 2. The smallest absolute Gasteiger partial charge is 0.416 e. The van der Waals surface area contributed by atoms with E-state index >= 15 is 0 Å². The Morgan fingerprint density at radius 2 is 1.78 bits per heavy atom. The van der Waals surface area contributed by atoms with Crippen LogP contribution in [-0.4, -0.2) is 22.7 Å². The van der Waals surface area contributed by atoms with Crippen molar-refractivity contribution in [2.75, 3.05) is 5.32 Å². The minimum absolute atomic E-state index is 0.0271. The van der Waals surface area contributed by atoms with Gasteiger partial charge in [0.1, 0.15) is 11.4 Å². The van der Waals surface area contributed by atoms with Crippen molar-refractivity contribution >= 4 is 22.5 Å². The minimum Gasteiger partial charge on any atom is -0.490 e. The molecule has 0 spiro atoms. The molecule has 0 bridgehead atoms. The van der Waals surface area contributed by atoms with Gasteiger partial charge in [0.2, 0.25) is 5.91 Å². The molecular formula is C24H20F4N2O2. The zero-order valence-corrected chi connectivity index (χ0v) is 16.9. The Balaban J connectivity index is 1.10. The molecule has 3 aliphatic rings. The molecule has 3 aromatic rings. The molecule has 1 heterocycles. The van der Waals surface area contributed by atoms with Gasteiger partial charge >= 0.3 is 6.18 Å². The minimum atomic E-state index is -4.33. The van der Waals surface area contributed by atoms with Crippen molar-refractivity contribution in [3.63, 3.8) is 0 Å². The molecule has 3 aliphatic carbocycles. The van der Waals surface area contributed by atoms with Gasteiger partial charge in [-0.3, -0.25) is 4.79 Å². The number of hydrogen-bond acceptors (Lipinski definition) is 2. The number of rotatable bonds is 5. The van der Waals surface area contributed by atoms with Gasteiger partial charge in [0.15, 0.2) is 0 Å². The summed E-state index contributed by atoms with van der Waals surface area (Å²) in [7, 11) is 0. The molecule has 1 amide bonds. The maximum absolute atomic E-state index is 13.9.